The third kappa shape index (κ3) is 1.81. The molecule has 0 saturated heterocycles. The maximum atomic E-state index is 5.75. The molecule has 1 aromatic heterocycles. The Labute approximate surface area is 107 Å². The average molecular weight is 243 g/mol. The number of rotatable bonds is 3. The van der Waals surface area contributed by atoms with Crippen molar-refractivity contribution in [2.45, 2.75) is 18.9 Å². The number of aryl methyl sites for hydroxylation is 1. The second kappa shape index (κ2) is 4.50. The summed E-state index contributed by atoms with van der Waals surface area (Å²) < 4.78 is 11.5. The Bertz CT molecular complexity index is 547. The monoisotopic (exact) mass is 243 g/mol. The molecule has 0 fully saturated rings. The number of benzene rings is 1. The summed E-state index contributed by atoms with van der Waals surface area (Å²) in [6.07, 6.45) is 0. The first kappa shape index (κ1) is 11.4. The highest BCUT2D eigenvalue weighted by Gasteiger charge is 2.32. The fourth-order valence-electron chi connectivity index (χ4n) is 2.63. The van der Waals surface area contributed by atoms with Gasteiger partial charge in [-0.05, 0) is 32.2 Å². The number of hydrogen-bond donors (Lipinski definition) is 1. The summed E-state index contributed by atoms with van der Waals surface area (Å²) in [5.74, 6) is 3.21. The fourth-order valence-corrected chi connectivity index (χ4v) is 2.63. The second-order valence-electron chi connectivity index (χ2n) is 4.67. The van der Waals surface area contributed by atoms with Crippen molar-refractivity contribution in [1.82, 2.24) is 5.32 Å². The normalized spacial score (nSPS) is 19.3. The van der Waals surface area contributed by atoms with Crippen LogP contribution in [0.15, 0.2) is 40.8 Å². The van der Waals surface area contributed by atoms with E-state index in [1.807, 2.05) is 38.2 Å². The van der Waals surface area contributed by atoms with Crippen LogP contribution in [-0.2, 0) is 0 Å². The largest absolute Gasteiger partial charge is 0.493 e. The van der Waals surface area contributed by atoms with Crippen LogP contribution in [0.3, 0.4) is 0 Å². The molecule has 3 heteroatoms. The zero-order valence-corrected chi connectivity index (χ0v) is 10.6. The third-order valence-electron chi connectivity index (χ3n) is 3.52. The summed E-state index contributed by atoms with van der Waals surface area (Å²) in [6.45, 7) is 2.67. The number of nitrogens with one attached hydrogen (secondary N) is 1. The van der Waals surface area contributed by atoms with Gasteiger partial charge in [0.05, 0.1) is 12.6 Å². The van der Waals surface area contributed by atoms with E-state index in [1.54, 1.807) is 0 Å². The zero-order valence-electron chi connectivity index (χ0n) is 10.6. The Morgan fingerprint density at radius 2 is 2.06 bits per heavy atom. The van der Waals surface area contributed by atoms with E-state index in [2.05, 4.69) is 17.4 Å². The Kier molecular flexibility index (Phi) is 2.84. The molecule has 1 aliphatic rings. The minimum Gasteiger partial charge on any atom is -0.493 e. The first-order valence-electron chi connectivity index (χ1n) is 6.25. The lowest BCUT2D eigenvalue weighted by molar-refractivity contribution is 0.286. The lowest BCUT2D eigenvalue weighted by Crippen LogP contribution is -2.24. The molecule has 3 rings (SSSR count). The molecule has 0 radical (unpaired) electrons. The van der Waals surface area contributed by atoms with E-state index in [1.165, 1.54) is 5.56 Å². The van der Waals surface area contributed by atoms with E-state index >= 15 is 0 Å². The van der Waals surface area contributed by atoms with Crippen LogP contribution in [0.2, 0.25) is 0 Å². The third-order valence-corrected chi connectivity index (χ3v) is 3.52. The molecule has 1 aliphatic heterocycles. The molecule has 0 amide bonds. The molecule has 0 saturated carbocycles. The zero-order chi connectivity index (χ0) is 12.5. The lowest BCUT2D eigenvalue weighted by atomic mass is 9.92. The molecular formula is C15H17NO2. The van der Waals surface area contributed by atoms with Gasteiger partial charge in [-0.2, -0.15) is 0 Å². The SMILES string of the molecule is CNC(c1ccc(C)o1)C1COc2ccccc21. The summed E-state index contributed by atoms with van der Waals surface area (Å²) in [5, 5.41) is 3.34. The van der Waals surface area contributed by atoms with Gasteiger partial charge in [0.25, 0.3) is 0 Å². The second-order valence-corrected chi connectivity index (χ2v) is 4.67. The van der Waals surface area contributed by atoms with E-state index in [9.17, 15) is 0 Å². The molecule has 0 aliphatic carbocycles. The number of para-hydroxylation sites is 1. The van der Waals surface area contributed by atoms with E-state index < -0.39 is 0 Å². The molecular weight excluding hydrogens is 226 g/mol. The number of furan rings is 1. The highest BCUT2D eigenvalue weighted by Crippen LogP contribution is 2.41. The number of fused-ring (bicyclic) bond motifs is 1. The van der Waals surface area contributed by atoms with Crippen molar-refractivity contribution >= 4 is 0 Å². The molecule has 0 bridgehead atoms. The van der Waals surface area contributed by atoms with Crippen LogP contribution in [0.1, 0.15) is 29.0 Å². The Hall–Kier alpha value is -1.74. The van der Waals surface area contributed by atoms with Gasteiger partial charge >= 0.3 is 0 Å². The summed E-state index contributed by atoms with van der Waals surface area (Å²) in [5.41, 5.74) is 1.26. The van der Waals surface area contributed by atoms with Crippen LogP contribution in [0.25, 0.3) is 0 Å². The predicted molar refractivity (Wildman–Crippen MR) is 69.9 cm³/mol. The van der Waals surface area contributed by atoms with Gasteiger partial charge in [0.1, 0.15) is 17.3 Å². The van der Waals surface area contributed by atoms with Crippen molar-refractivity contribution in [1.29, 1.82) is 0 Å². The van der Waals surface area contributed by atoms with E-state index in [0.717, 1.165) is 17.3 Å². The topological polar surface area (TPSA) is 34.4 Å². The minimum atomic E-state index is 0.155. The van der Waals surface area contributed by atoms with E-state index in [0.29, 0.717) is 12.5 Å². The molecule has 3 nitrogen and oxygen atoms in total. The van der Waals surface area contributed by atoms with Crippen molar-refractivity contribution in [3.63, 3.8) is 0 Å². The highest BCUT2D eigenvalue weighted by atomic mass is 16.5. The average Bonchev–Trinajstić information content (AvgIpc) is 2.98. The summed E-state index contributed by atoms with van der Waals surface area (Å²) >= 11 is 0. The van der Waals surface area contributed by atoms with Crippen LogP contribution in [0, 0.1) is 6.92 Å². The first-order valence-corrected chi connectivity index (χ1v) is 6.25. The minimum absolute atomic E-state index is 0.155. The fraction of sp³-hybridized carbons (Fsp3) is 0.333. The van der Waals surface area contributed by atoms with Crippen LogP contribution in [-0.4, -0.2) is 13.7 Å². The molecule has 1 aromatic carbocycles. The van der Waals surface area contributed by atoms with Crippen LogP contribution >= 0.6 is 0 Å². The highest BCUT2D eigenvalue weighted by molar-refractivity contribution is 5.41. The van der Waals surface area contributed by atoms with Gasteiger partial charge in [0.15, 0.2) is 0 Å². The summed E-state index contributed by atoms with van der Waals surface area (Å²) in [7, 11) is 1.96. The van der Waals surface area contributed by atoms with Gasteiger partial charge in [0.2, 0.25) is 0 Å². The predicted octanol–water partition coefficient (Wildman–Crippen LogP) is 3.02. The van der Waals surface area contributed by atoms with Crippen molar-refractivity contribution in [3.8, 4) is 5.75 Å². The van der Waals surface area contributed by atoms with E-state index in [4.69, 9.17) is 9.15 Å². The molecule has 2 aromatic rings. The van der Waals surface area contributed by atoms with Gasteiger partial charge in [0, 0.05) is 11.5 Å². The van der Waals surface area contributed by atoms with Crippen molar-refractivity contribution in [2.75, 3.05) is 13.7 Å². The van der Waals surface area contributed by atoms with Gasteiger partial charge in [-0.3, -0.25) is 0 Å². The van der Waals surface area contributed by atoms with Gasteiger partial charge in [-0.15, -0.1) is 0 Å². The van der Waals surface area contributed by atoms with Crippen LogP contribution in [0.4, 0.5) is 0 Å². The summed E-state index contributed by atoms with van der Waals surface area (Å²) in [4.78, 5) is 0. The molecule has 2 atom stereocenters. The van der Waals surface area contributed by atoms with Crippen LogP contribution in [0.5, 0.6) is 5.75 Å². The molecule has 1 N–H and O–H groups in total. The number of hydrogen-bond acceptors (Lipinski definition) is 3. The molecule has 0 spiro atoms. The Morgan fingerprint density at radius 3 is 2.78 bits per heavy atom. The quantitative estimate of drug-likeness (QED) is 0.899. The maximum Gasteiger partial charge on any atom is 0.122 e. The Balaban J connectivity index is 1.95. The molecule has 94 valence electrons. The smallest absolute Gasteiger partial charge is 0.122 e. The van der Waals surface area contributed by atoms with Crippen LogP contribution < -0.4 is 10.1 Å². The number of ether oxygens (including phenoxy) is 1. The van der Waals surface area contributed by atoms with E-state index in [-0.39, 0.29) is 6.04 Å². The van der Waals surface area contributed by atoms with Crippen molar-refractivity contribution < 1.29 is 9.15 Å². The molecule has 2 heterocycles. The lowest BCUT2D eigenvalue weighted by Gasteiger charge is -2.20. The van der Waals surface area contributed by atoms with Gasteiger partial charge in [-0.25, -0.2) is 0 Å². The van der Waals surface area contributed by atoms with Crippen molar-refractivity contribution in [2.24, 2.45) is 0 Å². The van der Waals surface area contributed by atoms with Crippen molar-refractivity contribution in [3.05, 3.63) is 53.5 Å². The molecule has 2 unspecified atom stereocenters. The van der Waals surface area contributed by atoms with Gasteiger partial charge < -0.3 is 14.5 Å². The number of likely N-dealkylation sites (N-methyl/N-ethyl adjacent to an activating group) is 1. The van der Waals surface area contributed by atoms with Gasteiger partial charge in [-0.1, -0.05) is 18.2 Å². The summed E-state index contributed by atoms with van der Waals surface area (Å²) in [6, 6.07) is 12.4. The first-order chi connectivity index (χ1) is 8.79. The maximum absolute atomic E-state index is 5.75. The standard InChI is InChI=1S/C15H17NO2/c1-10-7-8-14(18-10)15(16-2)12-9-17-13-6-4-3-5-11(12)13/h3-8,12,15-16H,9H2,1-2H3. The molecule has 18 heavy (non-hydrogen) atoms. The Morgan fingerprint density at radius 1 is 1.22 bits per heavy atom.